The Morgan fingerprint density at radius 3 is 2.00 bits per heavy atom. The van der Waals surface area contributed by atoms with E-state index < -0.39 is 35.0 Å². The van der Waals surface area contributed by atoms with Crippen LogP contribution in [0.5, 0.6) is 0 Å². The monoisotopic (exact) mass is 465 g/mol. The van der Waals surface area contributed by atoms with Crippen molar-refractivity contribution in [3.63, 3.8) is 0 Å². The molecule has 7 nitrogen and oxygen atoms in total. The van der Waals surface area contributed by atoms with Gasteiger partial charge in [-0.2, -0.15) is 0 Å². The molecular weight excluding hydrogens is 422 g/mol. The molecule has 0 aromatic carbocycles. The van der Waals surface area contributed by atoms with Crippen molar-refractivity contribution >= 4 is 17.9 Å². The third-order valence-corrected chi connectivity index (χ3v) is 5.98. The predicted octanol–water partition coefficient (Wildman–Crippen LogP) is 4.63. The maximum Gasteiger partial charge on any atom is 0.323 e. The summed E-state index contributed by atoms with van der Waals surface area (Å²) >= 11 is 0. The molecule has 0 aromatic heterocycles. The molecule has 0 heterocycles. The highest BCUT2D eigenvalue weighted by Gasteiger charge is 2.48. The van der Waals surface area contributed by atoms with Gasteiger partial charge in [0.15, 0.2) is 5.41 Å². The standard InChI is InChI=1S/C26H43NO6/c1-6-18-31-23(29)26(24(30)32-19-7-2,16-11-14-20-12-9-8-10-13-20)17-15-21(27)22(28)33-25(3,4)5/h6-7,20-21H,1-2,8-19,27H2,3-5H3. The summed E-state index contributed by atoms with van der Waals surface area (Å²) < 4.78 is 16.0. The van der Waals surface area contributed by atoms with E-state index in [2.05, 4.69) is 13.2 Å². The van der Waals surface area contributed by atoms with E-state index in [9.17, 15) is 14.4 Å². The molecule has 0 saturated heterocycles. The van der Waals surface area contributed by atoms with Gasteiger partial charge in [0.05, 0.1) is 0 Å². The highest BCUT2D eigenvalue weighted by Crippen LogP contribution is 2.37. The molecule has 33 heavy (non-hydrogen) atoms. The maximum absolute atomic E-state index is 13.2. The Labute approximate surface area is 199 Å². The van der Waals surface area contributed by atoms with Crippen molar-refractivity contribution in [1.82, 2.24) is 0 Å². The Bertz CT molecular complexity index is 636. The minimum atomic E-state index is -1.54. The van der Waals surface area contributed by atoms with Crippen LogP contribution in [0.25, 0.3) is 0 Å². The summed E-state index contributed by atoms with van der Waals surface area (Å²) in [5.41, 5.74) is 3.84. The maximum atomic E-state index is 13.2. The SMILES string of the molecule is C=CCOC(=O)C(CCCC1CCCCC1)(CCC(N)C(=O)OC(C)(C)C)C(=O)OCC=C. The summed E-state index contributed by atoms with van der Waals surface area (Å²) in [6, 6.07) is -0.971. The van der Waals surface area contributed by atoms with Gasteiger partial charge in [0.2, 0.25) is 0 Å². The van der Waals surface area contributed by atoms with Crippen LogP contribution in [0.15, 0.2) is 25.3 Å². The van der Waals surface area contributed by atoms with Crippen LogP contribution in [0.4, 0.5) is 0 Å². The van der Waals surface area contributed by atoms with Crippen molar-refractivity contribution in [3.05, 3.63) is 25.3 Å². The number of hydrogen-bond acceptors (Lipinski definition) is 7. The Morgan fingerprint density at radius 2 is 1.52 bits per heavy atom. The van der Waals surface area contributed by atoms with Crippen molar-refractivity contribution in [3.8, 4) is 0 Å². The molecule has 1 saturated carbocycles. The average molecular weight is 466 g/mol. The number of nitrogens with two attached hydrogens (primary N) is 1. The predicted molar refractivity (Wildman–Crippen MR) is 128 cm³/mol. The van der Waals surface area contributed by atoms with Gasteiger partial charge < -0.3 is 19.9 Å². The second kappa shape index (κ2) is 14.2. The number of carbonyl (C=O) groups excluding carboxylic acids is 3. The Morgan fingerprint density at radius 1 is 0.970 bits per heavy atom. The van der Waals surface area contributed by atoms with Crippen molar-refractivity contribution in [2.24, 2.45) is 17.1 Å². The van der Waals surface area contributed by atoms with Crippen LogP contribution in [0.3, 0.4) is 0 Å². The molecule has 188 valence electrons. The van der Waals surface area contributed by atoms with E-state index >= 15 is 0 Å². The summed E-state index contributed by atoms with van der Waals surface area (Å²) in [5.74, 6) is -1.31. The number of rotatable bonds is 14. The molecule has 0 amide bonds. The first-order valence-corrected chi connectivity index (χ1v) is 12.1. The molecule has 1 unspecified atom stereocenters. The lowest BCUT2D eigenvalue weighted by Gasteiger charge is -2.31. The number of hydrogen-bond donors (Lipinski definition) is 1. The van der Waals surface area contributed by atoms with Crippen LogP contribution < -0.4 is 5.73 Å². The summed E-state index contributed by atoms with van der Waals surface area (Å²) in [4.78, 5) is 38.7. The first-order chi connectivity index (χ1) is 15.6. The van der Waals surface area contributed by atoms with Gasteiger partial charge in [-0.25, -0.2) is 0 Å². The van der Waals surface area contributed by atoms with Gasteiger partial charge in [-0.3, -0.25) is 14.4 Å². The largest absolute Gasteiger partial charge is 0.461 e. The van der Waals surface area contributed by atoms with E-state index in [1.807, 2.05) is 0 Å². The Hall–Kier alpha value is -2.15. The van der Waals surface area contributed by atoms with Crippen LogP contribution in [-0.2, 0) is 28.6 Å². The molecule has 1 fully saturated rings. The third kappa shape index (κ3) is 10.1. The highest BCUT2D eigenvalue weighted by molar-refractivity contribution is 6.00. The van der Waals surface area contributed by atoms with E-state index in [0.29, 0.717) is 12.3 Å². The van der Waals surface area contributed by atoms with Crippen LogP contribution in [0, 0.1) is 11.3 Å². The van der Waals surface area contributed by atoms with Crippen molar-refractivity contribution in [2.75, 3.05) is 13.2 Å². The molecule has 0 spiro atoms. The van der Waals surface area contributed by atoms with Gasteiger partial charge in [-0.05, 0) is 46.0 Å². The van der Waals surface area contributed by atoms with Gasteiger partial charge in [-0.15, -0.1) is 0 Å². The summed E-state index contributed by atoms with van der Waals surface area (Å²) in [7, 11) is 0. The Kier molecular flexibility index (Phi) is 12.4. The van der Waals surface area contributed by atoms with E-state index in [0.717, 1.165) is 6.42 Å². The molecule has 0 aliphatic heterocycles. The van der Waals surface area contributed by atoms with Gasteiger partial charge in [-0.1, -0.05) is 70.3 Å². The molecule has 7 heteroatoms. The van der Waals surface area contributed by atoms with E-state index in [4.69, 9.17) is 19.9 Å². The zero-order chi connectivity index (χ0) is 24.9. The lowest BCUT2D eigenvalue weighted by atomic mass is 9.76. The van der Waals surface area contributed by atoms with Gasteiger partial charge in [0.25, 0.3) is 0 Å². The molecule has 2 N–H and O–H groups in total. The third-order valence-electron chi connectivity index (χ3n) is 5.98. The van der Waals surface area contributed by atoms with Crippen LogP contribution in [-0.4, -0.2) is 42.8 Å². The first-order valence-electron chi connectivity index (χ1n) is 12.1. The fourth-order valence-electron chi connectivity index (χ4n) is 4.23. The van der Waals surface area contributed by atoms with Crippen LogP contribution >= 0.6 is 0 Å². The van der Waals surface area contributed by atoms with Gasteiger partial charge in [0, 0.05) is 0 Å². The van der Waals surface area contributed by atoms with Crippen molar-refractivity contribution in [1.29, 1.82) is 0 Å². The van der Waals surface area contributed by atoms with Crippen molar-refractivity contribution in [2.45, 2.75) is 96.6 Å². The summed E-state index contributed by atoms with van der Waals surface area (Å²) in [5, 5.41) is 0. The van der Waals surface area contributed by atoms with Crippen LogP contribution in [0.1, 0.15) is 85.0 Å². The van der Waals surface area contributed by atoms with E-state index in [1.54, 1.807) is 20.8 Å². The fraction of sp³-hybridized carbons (Fsp3) is 0.731. The molecule has 1 aliphatic rings. The zero-order valence-corrected chi connectivity index (χ0v) is 20.7. The quantitative estimate of drug-likeness (QED) is 0.173. The fourth-order valence-corrected chi connectivity index (χ4v) is 4.23. The van der Waals surface area contributed by atoms with E-state index in [1.165, 1.54) is 44.3 Å². The topological polar surface area (TPSA) is 105 Å². The molecule has 0 radical (unpaired) electrons. The second-order valence-corrected chi connectivity index (χ2v) is 9.93. The molecule has 1 aliphatic carbocycles. The Balaban J connectivity index is 3.03. The zero-order valence-electron chi connectivity index (χ0n) is 20.7. The minimum Gasteiger partial charge on any atom is -0.461 e. The molecule has 0 aromatic rings. The average Bonchev–Trinajstić information content (AvgIpc) is 2.77. The lowest BCUT2D eigenvalue weighted by Crippen LogP contribution is -2.45. The first kappa shape index (κ1) is 28.9. The summed E-state index contributed by atoms with van der Waals surface area (Å²) in [6.07, 6.45) is 11.0. The minimum absolute atomic E-state index is 0.0178. The highest BCUT2D eigenvalue weighted by atomic mass is 16.6. The van der Waals surface area contributed by atoms with Crippen LogP contribution in [0.2, 0.25) is 0 Å². The lowest BCUT2D eigenvalue weighted by molar-refractivity contribution is -0.174. The van der Waals surface area contributed by atoms with E-state index in [-0.39, 0.29) is 32.5 Å². The summed E-state index contributed by atoms with van der Waals surface area (Å²) in [6.45, 7) is 12.4. The number of esters is 3. The molecule has 1 rings (SSSR count). The van der Waals surface area contributed by atoms with Gasteiger partial charge in [0.1, 0.15) is 24.9 Å². The molecule has 0 bridgehead atoms. The number of ether oxygens (including phenoxy) is 3. The second-order valence-electron chi connectivity index (χ2n) is 9.93. The van der Waals surface area contributed by atoms with Crippen molar-refractivity contribution < 1.29 is 28.6 Å². The molecule has 1 atom stereocenters. The molecular formula is C26H43NO6. The van der Waals surface area contributed by atoms with Gasteiger partial charge >= 0.3 is 17.9 Å². The smallest absolute Gasteiger partial charge is 0.323 e. The normalized spacial score (nSPS) is 15.9. The number of carbonyl (C=O) groups is 3.